The molecule has 10 heteroatoms. The summed E-state index contributed by atoms with van der Waals surface area (Å²) in [4.78, 5) is 48.4. The van der Waals surface area contributed by atoms with E-state index in [1.54, 1.807) is 13.0 Å². The van der Waals surface area contributed by atoms with Crippen LogP contribution in [0.25, 0.3) is 0 Å². The normalized spacial score (nSPS) is 25.5. The number of ether oxygens (including phenoxy) is 5. The SMILES string of the molecule is CC(=O)Oc1cc(OC(C)=O)c2c(c1Cl)CC(OC(C)=O)/C=C/CC[C@H]1O[C@@H]1C[C@@H](C)OC2=O. The van der Waals surface area contributed by atoms with Crippen molar-refractivity contribution in [2.75, 3.05) is 0 Å². The molecular formula is C24H27ClO9. The predicted molar refractivity (Wildman–Crippen MR) is 120 cm³/mol. The molecule has 3 rings (SSSR count). The zero-order valence-electron chi connectivity index (χ0n) is 19.4. The molecule has 0 bridgehead atoms. The lowest BCUT2D eigenvalue weighted by atomic mass is 9.98. The van der Waals surface area contributed by atoms with Gasteiger partial charge in [-0.05, 0) is 31.4 Å². The van der Waals surface area contributed by atoms with Gasteiger partial charge in [0.15, 0.2) is 5.75 Å². The summed E-state index contributed by atoms with van der Waals surface area (Å²) in [5.41, 5.74) is 0.0428. The van der Waals surface area contributed by atoms with Gasteiger partial charge in [0.25, 0.3) is 0 Å². The molecule has 1 aromatic carbocycles. The number of fused-ring (bicyclic) bond motifs is 2. The zero-order chi connectivity index (χ0) is 25.0. The molecule has 9 nitrogen and oxygen atoms in total. The third-order valence-electron chi connectivity index (χ3n) is 5.25. The molecule has 2 aliphatic heterocycles. The van der Waals surface area contributed by atoms with E-state index in [2.05, 4.69) is 0 Å². The van der Waals surface area contributed by atoms with Crippen LogP contribution in [0.5, 0.6) is 11.5 Å². The van der Waals surface area contributed by atoms with E-state index in [4.69, 9.17) is 35.3 Å². The fourth-order valence-corrected chi connectivity index (χ4v) is 4.14. The monoisotopic (exact) mass is 494 g/mol. The van der Waals surface area contributed by atoms with Gasteiger partial charge in [0, 0.05) is 39.7 Å². The third-order valence-corrected chi connectivity index (χ3v) is 5.67. The lowest BCUT2D eigenvalue weighted by Crippen LogP contribution is -2.23. The molecule has 1 unspecified atom stereocenters. The fourth-order valence-electron chi connectivity index (χ4n) is 3.87. The number of cyclic esters (lactones) is 1. The first-order valence-corrected chi connectivity index (χ1v) is 11.4. The van der Waals surface area contributed by atoms with E-state index < -0.39 is 36.1 Å². The highest BCUT2D eigenvalue weighted by atomic mass is 35.5. The number of carbonyl (C=O) groups excluding carboxylic acids is 4. The summed E-state index contributed by atoms with van der Waals surface area (Å²) in [6.45, 7) is 5.35. The van der Waals surface area contributed by atoms with Crippen molar-refractivity contribution < 1.29 is 42.9 Å². The van der Waals surface area contributed by atoms with Crippen LogP contribution in [0.4, 0.5) is 0 Å². The first-order valence-electron chi connectivity index (χ1n) is 11.0. The molecule has 0 N–H and O–H groups in total. The minimum absolute atomic E-state index is 0.0225. The number of esters is 4. The Labute approximate surface area is 202 Å². The first kappa shape index (κ1) is 25.7. The van der Waals surface area contributed by atoms with Crippen molar-refractivity contribution >= 4 is 35.5 Å². The van der Waals surface area contributed by atoms with Gasteiger partial charge in [-0.25, -0.2) is 4.79 Å². The predicted octanol–water partition coefficient (Wildman–Crippen LogP) is 3.72. The second-order valence-electron chi connectivity index (χ2n) is 8.25. The van der Waals surface area contributed by atoms with E-state index in [-0.39, 0.29) is 46.3 Å². The molecular weight excluding hydrogens is 468 g/mol. The minimum Gasteiger partial charge on any atom is -0.459 e. The van der Waals surface area contributed by atoms with Crippen molar-refractivity contribution in [1.82, 2.24) is 0 Å². The summed E-state index contributed by atoms with van der Waals surface area (Å²) < 4.78 is 27.2. The van der Waals surface area contributed by atoms with Gasteiger partial charge in [0.1, 0.15) is 23.5 Å². The summed E-state index contributed by atoms with van der Waals surface area (Å²) in [6, 6.07) is 1.19. The van der Waals surface area contributed by atoms with Gasteiger partial charge in [-0.3, -0.25) is 14.4 Å². The van der Waals surface area contributed by atoms with E-state index >= 15 is 0 Å². The maximum Gasteiger partial charge on any atom is 0.342 e. The van der Waals surface area contributed by atoms with Gasteiger partial charge >= 0.3 is 23.9 Å². The maximum absolute atomic E-state index is 13.3. The van der Waals surface area contributed by atoms with E-state index in [1.807, 2.05) is 6.08 Å². The van der Waals surface area contributed by atoms with Gasteiger partial charge in [0.05, 0.1) is 17.2 Å². The Kier molecular flexibility index (Phi) is 8.33. The van der Waals surface area contributed by atoms with Gasteiger partial charge in [-0.2, -0.15) is 0 Å². The number of halogens is 1. The summed E-state index contributed by atoms with van der Waals surface area (Å²) in [7, 11) is 0. The molecule has 0 radical (unpaired) electrons. The number of hydrogen-bond donors (Lipinski definition) is 0. The third kappa shape index (κ3) is 6.80. The molecule has 184 valence electrons. The Morgan fingerprint density at radius 3 is 2.35 bits per heavy atom. The van der Waals surface area contributed by atoms with Crippen molar-refractivity contribution in [1.29, 1.82) is 0 Å². The molecule has 1 saturated heterocycles. The Balaban J connectivity index is 2.14. The van der Waals surface area contributed by atoms with Crippen molar-refractivity contribution in [3.63, 3.8) is 0 Å². The lowest BCUT2D eigenvalue weighted by Gasteiger charge is -2.22. The second-order valence-corrected chi connectivity index (χ2v) is 8.63. The molecule has 34 heavy (non-hydrogen) atoms. The van der Waals surface area contributed by atoms with Gasteiger partial charge in [0.2, 0.25) is 0 Å². The van der Waals surface area contributed by atoms with Crippen molar-refractivity contribution in [2.45, 2.75) is 77.8 Å². The van der Waals surface area contributed by atoms with E-state index in [9.17, 15) is 19.2 Å². The maximum atomic E-state index is 13.3. The quantitative estimate of drug-likeness (QED) is 0.268. The molecule has 0 saturated carbocycles. The second kappa shape index (κ2) is 11.0. The molecule has 0 aliphatic carbocycles. The van der Waals surface area contributed by atoms with Gasteiger partial charge < -0.3 is 23.7 Å². The Morgan fingerprint density at radius 2 is 1.71 bits per heavy atom. The van der Waals surface area contributed by atoms with Crippen LogP contribution in [0.2, 0.25) is 5.02 Å². The summed E-state index contributed by atoms with van der Waals surface area (Å²) in [5, 5.41) is -0.0612. The van der Waals surface area contributed by atoms with Crippen LogP contribution in [0.1, 0.15) is 62.9 Å². The lowest BCUT2D eigenvalue weighted by molar-refractivity contribution is -0.144. The number of allylic oxidation sites excluding steroid dienone is 1. The molecule has 2 heterocycles. The van der Waals surface area contributed by atoms with Crippen LogP contribution in [-0.2, 0) is 35.0 Å². The Morgan fingerprint density at radius 1 is 1.03 bits per heavy atom. The molecule has 0 aromatic heterocycles. The summed E-state index contributed by atoms with van der Waals surface area (Å²) in [5.74, 6) is -2.97. The van der Waals surface area contributed by atoms with Crippen LogP contribution in [0, 0.1) is 0 Å². The topological polar surface area (TPSA) is 118 Å². The Hall–Kier alpha value is -2.91. The molecule has 1 fully saturated rings. The van der Waals surface area contributed by atoms with Gasteiger partial charge in [-0.15, -0.1) is 0 Å². The highest BCUT2D eigenvalue weighted by molar-refractivity contribution is 6.33. The highest BCUT2D eigenvalue weighted by Crippen LogP contribution is 2.40. The van der Waals surface area contributed by atoms with Crippen molar-refractivity contribution in [3.05, 3.63) is 34.4 Å². The molecule has 0 amide bonds. The van der Waals surface area contributed by atoms with Crippen LogP contribution < -0.4 is 9.47 Å². The molecule has 1 aromatic rings. The minimum atomic E-state index is -0.796. The first-order chi connectivity index (χ1) is 16.0. The van der Waals surface area contributed by atoms with Crippen LogP contribution >= 0.6 is 11.6 Å². The van der Waals surface area contributed by atoms with E-state index in [0.717, 1.165) is 6.42 Å². The fraction of sp³-hybridized carbons (Fsp3) is 0.500. The average molecular weight is 495 g/mol. The summed E-state index contributed by atoms with van der Waals surface area (Å²) in [6.07, 6.45) is 4.26. The zero-order valence-corrected chi connectivity index (χ0v) is 20.2. The number of rotatable bonds is 3. The van der Waals surface area contributed by atoms with Crippen LogP contribution in [0.3, 0.4) is 0 Å². The highest BCUT2D eigenvalue weighted by Gasteiger charge is 2.40. The van der Waals surface area contributed by atoms with Crippen LogP contribution in [-0.4, -0.2) is 48.3 Å². The Bertz CT molecular complexity index is 1020. The van der Waals surface area contributed by atoms with Crippen LogP contribution in [0.15, 0.2) is 18.2 Å². The average Bonchev–Trinajstić information content (AvgIpc) is 3.43. The number of carbonyl (C=O) groups is 4. The number of epoxide rings is 1. The van der Waals surface area contributed by atoms with Crippen molar-refractivity contribution in [2.24, 2.45) is 0 Å². The number of benzene rings is 1. The molecule has 4 atom stereocenters. The van der Waals surface area contributed by atoms with E-state index in [0.29, 0.717) is 12.8 Å². The van der Waals surface area contributed by atoms with E-state index in [1.165, 1.54) is 26.8 Å². The largest absolute Gasteiger partial charge is 0.459 e. The van der Waals surface area contributed by atoms with Gasteiger partial charge in [-0.1, -0.05) is 17.7 Å². The number of hydrogen-bond acceptors (Lipinski definition) is 9. The standard InChI is InChI=1S/C24H27ClO9/c1-12-9-19-18(34-19)8-6-5-7-16(31-13(2)26)10-17-22(24(29)30-12)20(32-14(3)27)11-21(23(17)25)33-15(4)28/h5,7,11-12,16,18-19H,6,8-10H2,1-4H3/b7-5+/t12-,16?,18-,19-/m1/s1. The summed E-state index contributed by atoms with van der Waals surface area (Å²) >= 11 is 6.55. The molecule has 0 spiro atoms. The van der Waals surface area contributed by atoms with Crippen molar-refractivity contribution in [3.8, 4) is 11.5 Å². The molecule has 2 aliphatic rings. The smallest absolute Gasteiger partial charge is 0.342 e.